The Morgan fingerprint density at radius 2 is 2.07 bits per heavy atom. The summed E-state index contributed by atoms with van der Waals surface area (Å²) in [4.78, 5) is 13.4. The highest BCUT2D eigenvalue weighted by molar-refractivity contribution is 9.09. The fourth-order valence-corrected chi connectivity index (χ4v) is 2.15. The standard InChI is InChI=1S/C11H12BrNO/c12-7-11(14)13-6-5-9-3-1-2-4-10(9)8-13/h1-4H,5-8H2. The van der Waals surface area contributed by atoms with E-state index in [1.807, 2.05) is 11.0 Å². The molecule has 1 heterocycles. The minimum Gasteiger partial charge on any atom is -0.337 e. The van der Waals surface area contributed by atoms with Gasteiger partial charge in [0, 0.05) is 13.1 Å². The highest BCUT2D eigenvalue weighted by atomic mass is 79.9. The first kappa shape index (κ1) is 9.71. The van der Waals surface area contributed by atoms with Crippen LogP contribution in [0.1, 0.15) is 11.1 Å². The van der Waals surface area contributed by atoms with Gasteiger partial charge in [-0.15, -0.1) is 0 Å². The van der Waals surface area contributed by atoms with Crippen LogP contribution < -0.4 is 0 Å². The monoisotopic (exact) mass is 253 g/mol. The first-order valence-corrected chi connectivity index (χ1v) is 5.84. The predicted molar refractivity (Wildman–Crippen MR) is 59.4 cm³/mol. The van der Waals surface area contributed by atoms with E-state index in [4.69, 9.17) is 0 Å². The van der Waals surface area contributed by atoms with Gasteiger partial charge in [0.2, 0.25) is 5.91 Å². The van der Waals surface area contributed by atoms with Crippen molar-refractivity contribution in [3.05, 3.63) is 35.4 Å². The molecule has 0 spiro atoms. The highest BCUT2D eigenvalue weighted by Crippen LogP contribution is 2.18. The minimum absolute atomic E-state index is 0.180. The number of hydrogen-bond donors (Lipinski definition) is 0. The molecule has 1 aromatic rings. The van der Waals surface area contributed by atoms with Crippen LogP contribution in [0.15, 0.2) is 24.3 Å². The van der Waals surface area contributed by atoms with E-state index in [2.05, 4.69) is 34.1 Å². The molecule has 0 aromatic heterocycles. The molecule has 74 valence electrons. The van der Waals surface area contributed by atoms with Gasteiger partial charge in [-0.05, 0) is 17.5 Å². The second-order valence-electron chi connectivity index (χ2n) is 3.47. The van der Waals surface area contributed by atoms with Crippen molar-refractivity contribution >= 4 is 21.8 Å². The summed E-state index contributed by atoms with van der Waals surface area (Å²) in [5, 5.41) is 0.426. The Hall–Kier alpha value is -0.830. The van der Waals surface area contributed by atoms with Gasteiger partial charge in [0.05, 0.1) is 5.33 Å². The average molecular weight is 254 g/mol. The molecule has 0 bridgehead atoms. The van der Waals surface area contributed by atoms with Crippen molar-refractivity contribution in [1.29, 1.82) is 0 Å². The van der Waals surface area contributed by atoms with E-state index < -0.39 is 0 Å². The van der Waals surface area contributed by atoms with Crippen LogP contribution in [0.5, 0.6) is 0 Å². The molecule has 3 heteroatoms. The molecule has 1 amide bonds. The molecule has 0 unspecified atom stereocenters. The Bertz CT molecular complexity index is 351. The zero-order chi connectivity index (χ0) is 9.97. The molecular formula is C11H12BrNO. The third kappa shape index (κ3) is 1.82. The Labute approximate surface area is 92.0 Å². The number of carbonyl (C=O) groups is 1. The van der Waals surface area contributed by atoms with Gasteiger partial charge in [-0.3, -0.25) is 4.79 Å². The number of alkyl halides is 1. The van der Waals surface area contributed by atoms with E-state index >= 15 is 0 Å². The number of rotatable bonds is 1. The molecule has 2 rings (SSSR count). The molecule has 0 fully saturated rings. The Morgan fingerprint density at radius 3 is 2.79 bits per heavy atom. The van der Waals surface area contributed by atoms with Crippen LogP contribution in [0.3, 0.4) is 0 Å². The summed E-state index contributed by atoms with van der Waals surface area (Å²) in [5.41, 5.74) is 2.67. The Kier molecular flexibility index (Phi) is 2.87. The van der Waals surface area contributed by atoms with Crippen molar-refractivity contribution in [2.45, 2.75) is 13.0 Å². The summed E-state index contributed by atoms with van der Waals surface area (Å²) in [7, 11) is 0. The van der Waals surface area contributed by atoms with Gasteiger partial charge in [0.25, 0.3) is 0 Å². The number of carbonyl (C=O) groups excluding carboxylic acids is 1. The van der Waals surface area contributed by atoms with Gasteiger partial charge < -0.3 is 4.90 Å². The van der Waals surface area contributed by atoms with Gasteiger partial charge in [0.1, 0.15) is 0 Å². The second kappa shape index (κ2) is 4.13. The van der Waals surface area contributed by atoms with Crippen LogP contribution in [-0.2, 0) is 17.8 Å². The van der Waals surface area contributed by atoms with E-state index in [1.165, 1.54) is 11.1 Å². The number of amides is 1. The van der Waals surface area contributed by atoms with Crippen LogP contribution in [0, 0.1) is 0 Å². The smallest absolute Gasteiger partial charge is 0.233 e. The molecule has 14 heavy (non-hydrogen) atoms. The summed E-state index contributed by atoms with van der Waals surface area (Å²) in [6.45, 7) is 1.61. The number of hydrogen-bond acceptors (Lipinski definition) is 1. The number of benzene rings is 1. The van der Waals surface area contributed by atoms with Crippen LogP contribution in [0.2, 0.25) is 0 Å². The van der Waals surface area contributed by atoms with E-state index in [9.17, 15) is 4.79 Å². The SMILES string of the molecule is O=C(CBr)N1CCc2ccccc2C1. The number of halogens is 1. The zero-order valence-electron chi connectivity index (χ0n) is 7.87. The molecular weight excluding hydrogens is 242 g/mol. The lowest BCUT2D eigenvalue weighted by Crippen LogP contribution is -2.36. The second-order valence-corrected chi connectivity index (χ2v) is 4.03. The molecule has 1 aliphatic heterocycles. The van der Waals surface area contributed by atoms with Crippen molar-refractivity contribution < 1.29 is 4.79 Å². The molecule has 0 saturated carbocycles. The molecule has 2 nitrogen and oxygen atoms in total. The lowest BCUT2D eigenvalue weighted by molar-refractivity contribution is -0.129. The van der Waals surface area contributed by atoms with Crippen molar-refractivity contribution in [2.24, 2.45) is 0 Å². The quantitative estimate of drug-likeness (QED) is 0.701. The van der Waals surface area contributed by atoms with Gasteiger partial charge in [0.15, 0.2) is 0 Å². The van der Waals surface area contributed by atoms with Crippen LogP contribution >= 0.6 is 15.9 Å². The van der Waals surface area contributed by atoms with E-state index in [0.717, 1.165) is 19.5 Å². The molecule has 0 N–H and O–H groups in total. The summed E-state index contributed by atoms with van der Waals surface area (Å²) < 4.78 is 0. The molecule has 0 atom stereocenters. The average Bonchev–Trinajstić information content (AvgIpc) is 2.27. The van der Waals surface area contributed by atoms with Crippen LogP contribution in [0.25, 0.3) is 0 Å². The first-order chi connectivity index (χ1) is 6.81. The maximum atomic E-state index is 11.5. The Balaban J connectivity index is 2.17. The lowest BCUT2D eigenvalue weighted by Gasteiger charge is -2.28. The van der Waals surface area contributed by atoms with Gasteiger partial charge in [-0.2, -0.15) is 0 Å². The predicted octanol–water partition coefficient (Wildman–Crippen LogP) is 1.97. The zero-order valence-corrected chi connectivity index (χ0v) is 9.46. The fraction of sp³-hybridized carbons (Fsp3) is 0.364. The summed E-state index contributed by atoms with van der Waals surface area (Å²) in [6.07, 6.45) is 0.981. The molecule has 1 aliphatic rings. The van der Waals surface area contributed by atoms with Gasteiger partial charge in [-0.25, -0.2) is 0 Å². The highest BCUT2D eigenvalue weighted by Gasteiger charge is 2.18. The van der Waals surface area contributed by atoms with Crippen molar-refractivity contribution in [3.8, 4) is 0 Å². The molecule has 0 aliphatic carbocycles. The van der Waals surface area contributed by atoms with Crippen molar-refractivity contribution in [1.82, 2.24) is 4.90 Å². The van der Waals surface area contributed by atoms with Crippen LogP contribution in [-0.4, -0.2) is 22.7 Å². The van der Waals surface area contributed by atoms with E-state index in [1.54, 1.807) is 0 Å². The largest absolute Gasteiger partial charge is 0.337 e. The summed E-state index contributed by atoms with van der Waals surface area (Å²) in [6, 6.07) is 8.33. The van der Waals surface area contributed by atoms with E-state index in [-0.39, 0.29) is 5.91 Å². The first-order valence-electron chi connectivity index (χ1n) is 4.72. The summed E-state index contributed by atoms with van der Waals surface area (Å²) >= 11 is 3.20. The topological polar surface area (TPSA) is 20.3 Å². The Morgan fingerprint density at radius 1 is 1.36 bits per heavy atom. The molecule has 1 aromatic carbocycles. The molecule has 0 saturated heterocycles. The lowest BCUT2D eigenvalue weighted by atomic mass is 10.00. The maximum absolute atomic E-state index is 11.5. The fourth-order valence-electron chi connectivity index (χ4n) is 1.79. The van der Waals surface area contributed by atoms with Crippen LogP contribution in [0.4, 0.5) is 0 Å². The third-order valence-electron chi connectivity index (χ3n) is 2.60. The maximum Gasteiger partial charge on any atom is 0.233 e. The van der Waals surface area contributed by atoms with Crippen molar-refractivity contribution in [2.75, 3.05) is 11.9 Å². The summed E-state index contributed by atoms with van der Waals surface area (Å²) in [5.74, 6) is 0.180. The normalized spacial score (nSPS) is 15.1. The van der Waals surface area contributed by atoms with Crippen molar-refractivity contribution in [3.63, 3.8) is 0 Å². The number of nitrogens with zero attached hydrogens (tertiary/aromatic N) is 1. The minimum atomic E-state index is 0.180. The third-order valence-corrected chi connectivity index (χ3v) is 3.08. The molecule has 0 radical (unpaired) electrons. The van der Waals surface area contributed by atoms with Gasteiger partial charge >= 0.3 is 0 Å². The van der Waals surface area contributed by atoms with E-state index in [0.29, 0.717) is 5.33 Å². The van der Waals surface area contributed by atoms with Gasteiger partial charge in [-0.1, -0.05) is 40.2 Å². The number of fused-ring (bicyclic) bond motifs is 1.